The van der Waals surface area contributed by atoms with Gasteiger partial charge >= 0.3 is 0 Å². The van der Waals surface area contributed by atoms with Gasteiger partial charge < -0.3 is 0 Å². The Morgan fingerprint density at radius 3 is 2.47 bits per heavy atom. The van der Waals surface area contributed by atoms with E-state index in [4.69, 9.17) is 0 Å². The number of nitrogens with zero attached hydrogens (tertiary/aromatic N) is 4. The van der Waals surface area contributed by atoms with Gasteiger partial charge in [0.15, 0.2) is 5.82 Å². The van der Waals surface area contributed by atoms with Crippen molar-refractivity contribution in [2.24, 2.45) is 5.92 Å². The van der Waals surface area contributed by atoms with Gasteiger partial charge in [-0.3, -0.25) is 0 Å². The van der Waals surface area contributed by atoms with Crippen LogP contribution in [0.5, 0.6) is 0 Å². The van der Waals surface area contributed by atoms with Crippen molar-refractivity contribution in [1.29, 1.82) is 0 Å². The standard InChI is InChI=1S/C11H12Br2N4/c12-7-9(8-13)6-11-14-15-16-17(11)10-4-2-1-3-5-10/h1-5,9H,6-8H2. The van der Waals surface area contributed by atoms with Gasteiger partial charge in [0.25, 0.3) is 0 Å². The van der Waals surface area contributed by atoms with Gasteiger partial charge in [-0.05, 0) is 28.5 Å². The van der Waals surface area contributed by atoms with Gasteiger partial charge in [-0.25, -0.2) is 0 Å². The SMILES string of the molecule is BrCC(CBr)Cc1nnnn1-c1ccccc1. The molecule has 17 heavy (non-hydrogen) atoms. The van der Waals surface area contributed by atoms with Gasteiger partial charge in [-0.1, -0.05) is 50.1 Å². The molecule has 1 aromatic heterocycles. The number of aromatic nitrogens is 4. The summed E-state index contributed by atoms with van der Waals surface area (Å²) in [5, 5.41) is 13.7. The molecule has 0 aliphatic carbocycles. The molecule has 0 unspecified atom stereocenters. The third-order valence-electron chi connectivity index (χ3n) is 2.44. The van der Waals surface area contributed by atoms with Crippen LogP contribution in [0.1, 0.15) is 5.82 Å². The molecule has 0 spiro atoms. The van der Waals surface area contributed by atoms with Crippen molar-refractivity contribution in [3.05, 3.63) is 36.2 Å². The van der Waals surface area contributed by atoms with E-state index in [9.17, 15) is 0 Å². The molecular formula is C11H12Br2N4. The number of tetrazole rings is 1. The molecule has 0 atom stereocenters. The summed E-state index contributed by atoms with van der Waals surface area (Å²) in [7, 11) is 0. The summed E-state index contributed by atoms with van der Waals surface area (Å²) in [4.78, 5) is 0. The van der Waals surface area contributed by atoms with Gasteiger partial charge in [-0.2, -0.15) is 4.68 Å². The van der Waals surface area contributed by atoms with Crippen molar-refractivity contribution >= 4 is 31.9 Å². The Bertz CT molecular complexity index is 454. The molecule has 0 bridgehead atoms. The molecule has 1 aromatic carbocycles. The Kier molecular flexibility index (Phi) is 4.67. The van der Waals surface area contributed by atoms with Gasteiger partial charge in [0.1, 0.15) is 0 Å². The molecule has 0 saturated carbocycles. The first kappa shape index (κ1) is 12.7. The lowest BCUT2D eigenvalue weighted by atomic mass is 10.1. The summed E-state index contributed by atoms with van der Waals surface area (Å²) in [6.07, 6.45) is 0.846. The van der Waals surface area contributed by atoms with Gasteiger partial charge in [-0.15, -0.1) is 5.10 Å². The first-order valence-corrected chi connectivity index (χ1v) is 7.54. The maximum absolute atomic E-state index is 4.09. The molecule has 1 heterocycles. The van der Waals surface area contributed by atoms with Crippen LogP contribution in [-0.2, 0) is 6.42 Å². The Labute approximate surface area is 117 Å². The minimum Gasteiger partial charge on any atom is -0.197 e. The fourth-order valence-corrected chi connectivity index (χ4v) is 3.04. The summed E-state index contributed by atoms with van der Waals surface area (Å²) < 4.78 is 1.79. The summed E-state index contributed by atoms with van der Waals surface area (Å²) >= 11 is 6.99. The van der Waals surface area contributed by atoms with E-state index in [1.807, 2.05) is 30.3 Å². The van der Waals surface area contributed by atoms with Crippen LogP contribution in [-0.4, -0.2) is 30.9 Å². The van der Waals surface area contributed by atoms with Crippen LogP contribution in [0.15, 0.2) is 30.3 Å². The highest BCUT2D eigenvalue weighted by Gasteiger charge is 2.13. The molecule has 0 radical (unpaired) electrons. The van der Waals surface area contributed by atoms with E-state index in [1.165, 1.54) is 0 Å². The fraction of sp³-hybridized carbons (Fsp3) is 0.364. The summed E-state index contributed by atoms with van der Waals surface area (Å²) in [5.74, 6) is 1.38. The zero-order chi connectivity index (χ0) is 12.1. The smallest absolute Gasteiger partial charge is 0.157 e. The maximum Gasteiger partial charge on any atom is 0.157 e. The van der Waals surface area contributed by atoms with E-state index in [2.05, 4.69) is 47.4 Å². The predicted molar refractivity (Wildman–Crippen MR) is 73.9 cm³/mol. The average Bonchev–Trinajstić information content (AvgIpc) is 2.85. The van der Waals surface area contributed by atoms with E-state index in [-0.39, 0.29) is 0 Å². The van der Waals surface area contributed by atoms with Crippen molar-refractivity contribution in [2.75, 3.05) is 10.7 Å². The maximum atomic E-state index is 4.09. The van der Waals surface area contributed by atoms with Crippen LogP contribution in [0.4, 0.5) is 0 Å². The lowest BCUT2D eigenvalue weighted by Crippen LogP contribution is -2.12. The van der Waals surface area contributed by atoms with Gasteiger partial charge in [0, 0.05) is 17.1 Å². The molecule has 0 saturated heterocycles. The van der Waals surface area contributed by atoms with Crippen molar-refractivity contribution in [2.45, 2.75) is 6.42 Å². The summed E-state index contributed by atoms with van der Waals surface area (Å²) in [5.41, 5.74) is 0.996. The number of halogens is 2. The largest absolute Gasteiger partial charge is 0.197 e. The monoisotopic (exact) mass is 358 g/mol. The molecule has 4 nitrogen and oxygen atoms in total. The lowest BCUT2D eigenvalue weighted by Gasteiger charge is -2.09. The Morgan fingerprint density at radius 2 is 1.82 bits per heavy atom. The minimum absolute atomic E-state index is 0.489. The number of hydrogen-bond donors (Lipinski definition) is 0. The summed E-state index contributed by atoms with van der Waals surface area (Å²) in [6.45, 7) is 0. The highest BCUT2D eigenvalue weighted by atomic mass is 79.9. The first-order chi connectivity index (χ1) is 8.35. The highest BCUT2D eigenvalue weighted by molar-refractivity contribution is 9.09. The van der Waals surface area contributed by atoms with Crippen LogP contribution >= 0.6 is 31.9 Å². The second-order valence-corrected chi connectivity index (χ2v) is 5.02. The number of rotatable bonds is 5. The molecule has 0 aliphatic heterocycles. The van der Waals surface area contributed by atoms with E-state index >= 15 is 0 Å². The zero-order valence-electron chi connectivity index (χ0n) is 9.13. The predicted octanol–water partition coefficient (Wildman–Crippen LogP) is 2.61. The molecule has 0 amide bonds. The third-order valence-corrected chi connectivity index (χ3v) is 4.27. The van der Waals surface area contributed by atoms with E-state index < -0.39 is 0 Å². The van der Waals surface area contributed by atoms with Crippen LogP contribution in [0.25, 0.3) is 5.69 Å². The van der Waals surface area contributed by atoms with Gasteiger partial charge in [0.2, 0.25) is 0 Å². The second kappa shape index (κ2) is 6.26. The van der Waals surface area contributed by atoms with E-state index in [0.717, 1.165) is 28.6 Å². The van der Waals surface area contributed by atoms with E-state index in [0.29, 0.717) is 5.92 Å². The van der Waals surface area contributed by atoms with Crippen molar-refractivity contribution in [3.63, 3.8) is 0 Å². The molecular weight excluding hydrogens is 348 g/mol. The van der Waals surface area contributed by atoms with Crippen LogP contribution in [0, 0.1) is 5.92 Å². The number of hydrogen-bond acceptors (Lipinski definition) is 3. The average molecular weight is 360 g/mol. The quantitative estimate of drug-likeness (QED) is 0.771. The van der Waals surface area contributed by atoms with Crippen molar-refractivity contribution in [1.82, 2.24) is 20.2 Å². The number of para-hydroxylation sites is 1. The van der Waals surface area contributed by atoms with Crippen LogP contribution in [0.2, 0.25) is 0 Å². The molecule has 6 heteroatoms. The Morgan fingerprint density at radius 1 is 1.12 bits per heavy atom. The summed E-state index contributed by atoms with van der Waals surface area (Å²) in [6, 6.07) is 9.93. The molecule has 0 fully saturated rings. The molecule has 90 valence electrons. The van der Waals surface area contributed by atoms with E-state index in [1.54, 1.807) is 4.68 Å². The Balaban J connectivity index is 2.23. The minimum atomic E-state index is 0.489. The molecule has 0 N–H and O–H groups in total. The highest BCUT2D eigenvalue weighted by Crippen LogP contribution is 2.14. The van der Waals surface area contributed by atoms with Gasteiger partial charge in [0.05, 0.1) is 5.69 Å². The van der Waals surface area contributed by atoms with Crippen molar-refractivity contribution < 1.29 is 0 Å². The topological polar surface area (TPSA) is 43.6 Å². The molecule has 2 rings (SSSR count). The molecule has 2 aromatic rings. The van der Waals surface area contributed by atoms with Crippen molar-refractivity contribution in [3.8, 4) is 5.69 Å². The lowest BCUT2D eigenvalue weighted by molar-refractivity contribution is 0.629. The third kappa shape index (κ3) is 3.13. The molecule has 0 aliphatic rings. The first-order valence-electron chi connectivity index (χ1n) is 5.29. The fourth-order valence-electron chi connectivity index (χ4n) is 1.51. The van der Waals surface area contributed by atoms with Crippen LogP contribution < -0.4 is 0 Å². The Hall–Kier alpha value is -0.750. The zero-order valence-corrected chi connectivity index (χ0v) is 12.3. The number of benzene rings is 1. The normalized spacial score (nSPS) is 11.0. The number of alkyl halides is 2. The van der Waals surface area contributed by atoms with Crippen LogP contribution in [0.3, 0.4) is 0 Å². The second-order valence-electron chi connectivity index (χ2n) is 3.72.